The monoisotopic (exact) mass is 657 g/mol. The van der Waals surface area contributed by atoms with Gasteiger partial charge in [0.05, 0.1) is 38.4 Å². The number of carboxylic acids is 1. The van der Waals surface area contributed by atoms with Crippen molar-refractivity contribution >= 4 is 11.9 Å². The molecule has 0 aromatic carbocycles. The number of carbonyl (C=O) groups is 1. The van der Waals surface area contributed by atoms with E-state index in [0.717, 1.165) is 76.7 Å². The standard InChI is InChI=1S/C37H63N5O5/c1-4-5-6-8-25-11-13-30-28(9-7-15-41-30)32(25)47-23-35(46)21-36-24(2)10-12-26(19-29(36)31(35)33(44)45)37(36)22-42(34(38)39-3)17-14-27(37)20-40-16-18-43/h24-28,30,32,40-41,43,46H,4-23H2,1-3H3,(H2,38,39)(H,44,45)/t24-,25-,26-,27-,28-,30-,32-,35+,36+,37-/m1/s1. The molecule has 2 aliphatic heterocycles. The molecule has 5 fully saturated rings. The fraction of sp³-hybridized carbons (Fsp3) is 0.892. The molecule has 1 unspecified atom stereocenters. The number of unbranched alkanes of at least 4 members (excludes halogenated alkanes) is 2. The van der Waals surface area contributed by atoms with Gasteiger partial charge >= 0.3 is 0 Å². The second-order valence-electron chi connectivity index (χ2n) is 16.3. The minimum Gasteiger partial charge on any atom is -0.545 e. The van der Waals surface area contributed by atoms with Crippen LogP contribution in [0.4, 0.5) is 0 Å². The Balaban J connectivity index is 1.36. The highest BCUT2D eigenvalue weighted by molar-refractivity contribution is 5.90. The number of rotatable bonds is 12. The van der Waals surface area contributed by atoms with Crippen LogP contribution in [-0.2, 0) is 9.53 Å². The molecule has 0 aromatic rings. The number of ether oxygens (including phenoxy) is 1. The molecule has 4 aliphatic carbocycles. The summed E-state index contributed by atoms with van der Waals surface area (Å²) in [5.41, 5.74) is 5.22. The number of aliphatic hydroxyl groups is 2. The van der Waals surface area contributed by atoms with E-state index in [4.69, 9.17) is 10.5 Å². The van der Waals surface area contributed by atoms with Crippen molar-refractivity contribution in [2.24, 2.45) is 51.1 Å². The fourth-order valence-corrected chi connectivity index (χ4v) is 12.4. The van der Waals surface area contributed by atoms with Crippen molar-refractivity contribution in [2.45, 2.75) is 115 Å². The molecular weight excluding hydrogens is 594 g/mol. The summed E-state index contributed by atoms with van der Waals surface area (Å²) in [5, 5.41) is 42.9. The third-order valence-electron chi connectivity index (χ3n) is 14.3. The van der Waals surface area contributed by atoms with Gasteiger partial charge in [0, 0.05) is 48.4 Å². The zero-order chi connectivity index (χ0) is 33.4. The van der Waals surface area contributed by atoms with Crippen molar-refractivity contribution in [2.75, 3.05) is 53.0 Å². The molecular formula is C37H63N5O5. The number of carboxylic acid groups (broad SMARTS) is 1. The van der Waals surface area contributed by atoms with Gasteiger partial charge in [0.15, 0.2) is 0 Å². The van der Waals surface area contributed by atoms with Crippen LogP contribution in [-0.4, -0.2) is 92.9 Å². The average Bonchev–Trinajstić information content (AvgIpc) is 3.41. The number of allylic oxidation sites excluding steroid dienone is 1. The summed E-state index contributed by atoms with van der Waals surface area (Å²) in [6, 6.07) is 0.433. The molecule has 0 aromatic heterocycles. The van der Waals surface area contributed by atoms with Gasteiger partial charge in [-0.1, -0.05) is 38.7 Å². The van der Waals surface area contributed by atoms with Gasteiger partial charge in [0.2, 0.25) is 0 Å². The molecule has 11 atom stereocenters. The number of nitrogens with one attached hydrogen (secondary N) is 3. The number of guanidine groups is 1. The van der Waals surface area contributed by atoms with Gasteiger partial charge in [-0.3, -0.25) is 4.90 Å². The summed E-state index contributed by atoms with van der Waals surface area (Å²) in [5.74, 6) is 0.945. The van der Waals surface area contributed by atoms with Crippen molar-refractivity contribution in [3.63, 3.8) is 0 Å². The molecule has 10 heteroatoms. The van der Waals surface area contributed by atoms with Gasteiger partial charge in [-0.25, -0.2) is 4.99 Å². The first-order valence-electron chi connectivity index (χ1n) is 19.1. The minimum absolute atomic E-state index is 0.00967. The maximum absolute atomic E-state index is 13.3. The Labute approximate surface area is 282 Å². The summed E-state index contributed by atoms with van der Waals surface area (Å²) in [6.07, 6.45) is 13.3. The number of piperidine rings is 2. The quantitative estimate of drug-likeness (QED) is 0.102. The number of aliphatic hydroxyl groups excluding tert-OH is 1. The van der Waals surface area contributed by atoms with Gasteiger partial charge in [-0.15, -0.1) is 0 Å². The maximum atomic E-state index is 13.3. The lowest BCUT2D eigenvalue weighted by atomic mass is 9.45. The smallest absolute Gasteiger partial charge is 0.293 e. The van der Waals surface area contributed by atoms with Crippen LogP contribution >= 0.6 is 0 Å². The van der Waals surface area contributed by atoms with Crippen LogP contribution < -0.4 is 26.4 Å². The predicted molar refractivity (Wildman–Crippen MR) is 180 cm³/mol. The number of fused-ring (bicyclic) bond motifs is 1. The van der Waals surface area contributed by atoms with Crippen LogP contribution in [0.1, 0.15) is 97.3 Å². The molecule has 266 valence electrons. The third kappa shape index (κ3) is 5.90. The molecule has 2 heterocycles. The van der Waals surface area contributed by atoms with E-state index in [-0.39, 0.29) is 42.1 Å². The average molecular weight is 658 g/mol. The fourth-order valence-electron chi connectivity index (χ4n) is 12.4. The largest absolute Gasteiger partial charge is 0.545 e. The minimum atomic E-state index is -1.61. The van der Waals surface area contributed by atoms with Gasteiger partial charge in [0.1, 0.15) is 5.60 Å². The Hall–Kier alpha value is -1.56. The summed E-state index contributed by atoms with van der Waals surface area (Å²) in [6.45, 7) is 8.57. The molecule has 2 spiro atoms. The lowest BCUT2D eigenvalue weighted by Gasteiger charge is -2.60. The predicted octanol–water partition coefficient (Wildman–Crippen LogP) is 0.765. The van der Waals surface area contributed by atoms with Crippen LogP contribution in [0.25, 0.3) is 0 Å². The number of likely N-dealkylation sites (tertiary alicyclic amines) is 1. The van der Waals surface area contributed by atoms with E-state index >= 15 is 0 Å². The normalized spacial score (nSPS) is 43.3. The molecule has 10 nitrogen and oxygen atoms in total. The van der Waals surface area contributed by atoms with Crippen LogP contribution in [0.3, 0.4) is 0 Å². The van der Waals surface area contributed by atoms with E-state index in [2.05, 4.69) is 29.5 Å². The highest BCUT2D eigenvalue weighted by atomic mass is 16.5. The molecule has 3 saturated carbocycles. The number of hydrogen-bond donors (Lipinski definition) is 6. The number of nitrogens with two attached hydrogens (primary N) is 1. The molecule has 0 radical (unpaired) electrons. The third-order valence-corrected chi connectivity index (χ3v) is 14.3. The molecule has 0 amide bonds. The Morgan fingerprint density at radius 3 is 2.79 bits per heavy atom. The van der Waals surface area contributed by atoms with Gasteiger partial charge < -0.3 is 41.2 Å². The van der Waals surface area contributed by atoms with E-state index in [9.17, 15) is 20.1 Å². The lowest BCUT2D eigenvalue weighted by molar-refractivity contribution is -0.828. The van der Waals surface area contributed by atoms with Crippen LogP contribution in [0.15, 0.2) is 16.1 Å². The summed E-state index contributed by atoms with van der Waals surface area (Å²) < 4.78 is 6.96. The van der Waals surface area contributed by atoms with Crippen molar-refractivity contribution in [3.05, 3.63) is 11.1 Å². The molecule has 47 heavy (non-hydrogen) atoms. The zero-order valence-electron chi connectivity index (χ0n) is 29.3. The Kier molecular flexibility index (Phi) is 10.8. The first kappa shape index (κ1) is 35.3. The van der Waals surface area contributed by atoms with E-state index in [1.807, 2.05) is 0 Å². The Morgan fingerprint density at radius 2 is 2.04 bits per heavy atom. The number of hydrogen-bond acceptors (Lipinski definition) is 8. The van der Waals surface area contributed by atoms with Crippen molar-refractivity contribution in [3.8, 4) is 0 Å². The van der Waals surface area contributed by atoms with Crippen molar-refractivity contribution in [1.82, 2.24) is 10.6 Å². The van der Waals surface area contributed by atoms with Crippen LogP contribution in [0, 0.1) is 40.4 Å². The number of aliphatic imine (C=N–C) groups is 1. The van der Waals surface area contributed by atoms with E-state index < -0.39 is 17.0 Å². The summed E-state index contributed by atoms with van der Waals surface area (Å²) in [4.78, 5) is 18.8. The molecule has 7 N–H and O–H groups in total. The highest BCUT2D eigenvalue weighted by Crippen LogP contribution is 2.76. The highest BCUT2D eigenvalue weighted by Gasteiger charge is 2.75. The molecule has 2 saturated heterocycles. The maximum Gasteiger partial charge on any atom is 0.293 e. The first-order valence-corrected chi connectivity index (χ1v) is 19.1. The van der Waals surface area contributed by atoms with Gasteiger partial charge in [-0.2, -0.15) is 0 Å². The Bertz CT molecular complexity index is 1190. The SMILES string of the molecule is CCCCC[C@@H]1CC[C@H]2NCCC[C@H]2[C@@H]1OC[C@@]1(O)C[C@@]23C(=C1C(=O)[O-])C[C@@H](CC[C@H]2C)[C@@]31C[NH+](C(N)=NC)CC[C@@H]1CNCCO. The lowest BCUT2D eigenvalue weighted by Crippen LogP contribution is -3.19. The Morgan fingerprint density at radius 1 is 1.21 bits per heavy atom. The van der Waals surface area contributed by atoms with E-state index in [1.165, 1.54) is 30.6 Å². The van der Waals surface area contributed by atoms with Crippen molar-refractivity contribution in [1.29, 1.82) is 0 Å². The summed E-state index contributed by atoms with van der Waals surface area (Å²) >= 11 is 0. The van der Waals surface area contributed by atoms with Crippen LogP contribution in [0.2, 0.25) is 0 Å². The second-order valence-corrected chi connectivity index (χ2v) is 16.3. The number of aliphatic carboxylic acids is 1. The van der Waals surface area contributed by atoms with Gasteiger partial charge in [-0.05, 0) is 94.5 Å². The van der Waals surface area contributed by atoms with Crippen molar-refractivity contribution < 1.29 is 29.8 Å². The number of quaternary nitrogens is 1. The molecule has 6 aliphatic rings. The molecule has 6 rings (SSSR count). The van der Waals surface area contributed by atoms with Crippen LogP contribution in [0.5, 0.6) is 0 Å². The number of carbonyl (C=O) groups excluding carboxylic acids is 1. The second kappa shape index (κ2) is 14.4. The van der Waals surface area contributed by atoms with E-state index in [0.29, 0.717) is 49.1 Å². The zero-order valence-corrected chi connectivity index (χ0v) is 29.3. The van der Waals surface area contributed by atoms with E-state index in [1.54, 1.807) is 7.05 Å². The number of nitrogens with zero attached hydrogens (tertiary/aromatic N) is 1. The topological polar surface area (TPSA) is 157 Å². The van der Waals surface area contributed by atoms with Gasteiger partial charge in [0.25, 0.3) is 5.96 Å². The molecule has 2 bridgehead atoms. The summed E-state index contributed by atoms with van der Waals surface area (Å²) in [7, 11) is 1.75. The first-order chi connectivity index (χ1) is 22.7.